The first-order valence-electron chi connectivity index (χ1n) is 7.74. The summed E-state index contributed by atoms with van der Waals surface area (Å²) in [7, 11) is 0. The highest BCUT2D eigenvalue weighted by Gasteiger charge is 2.15. The van der Waals surface area contributed by atoms with Gasteiger partial charge in [0.25, 0.3) is 5.91 Å². The smallest absolute Gasteiger partial charge is 0.271 e. The van der Waals surface area contributed by atoms with E-state index in [1.807, 2.05) is 13.0 Å². The van der Waals surface area contributed by atoms with E-state index in [4.69, 9.17) is 0 Å². The second-order valence-electron chi connectivity index (χ2n) is 5.79. The van der Waals surface area contributed by atoms with Crippen molar-refractivity contribution in [1.82, 2.24) is 20.4 Å². The van der Waals surface area contributed by atoms with Crippen LogP contribution in [0.1, 0.15) is 49.3 Å². The molecule has 1 amide bonds. The first-order valence-corrected chi connectivity index (χ1v) is 7.74. The van der Waals surface area contributed by atoms with Crippen molar-refractivity contribution in [1.29, 1.82) is 0 Å². The average Bonchev–Trinajstić information content (AvgIpc) is 2.92. The van der Waals surface area contributed by atoms with Crippen molar-refractivity contribution in [3.8, 4) is 0 Å². The van der Waals surface area contributed by atoms with Crippen LogP contribution in [0.2, 0.25) is 0 Å². The minimum absolute atomic E-state index is 0.0760. The Morgan fingerprint density at radius 1 is 1.60 bits per heavy atom. The predicted octanol–water partition coefficient (Wildman–Crippen LogP) is 1.82. The number of carbonyl (C=O) groups excluding carboxylic acids is 1. The molecule has 0 radical (unpaired) electrons. The second-order valence-corrected chi connectivity index (χ2v) is 5.79. The van der Waals surface area contributed by atoms with E-state index < -0.39 is 0 Å². The van der Waals surface area contributed by atoms with Gasteiger partial charge in [0, 0.05) is 18.8 Å². The van der Waals surface area contributed by atoms with Gasteiger partial charge in [-0.3, -0.25) is 9.89 Å². The van der Waals surface area contributed by atoms with Crippen molar-refractivity contribution in [2.45, 2.75) is 39.5 Å². The lowest BCUT2D eigenvalue weighted by Gasteiger charge is -2.30. The molecule has 1 atom stereocenters. The Balaban J connectivity index is 1.64. The van der Waals surface area contributed by atoms with Crippen LogP contribution in [0.3, 0.4) is 0 Å². The van der Waals surface area contributed by atoms with E-state index >= 15 is 0 Å². The van der Waals surface area contributed by atoms with Crippen LogP contribution < -0.4 is 5.32 Å². The van der Waals surface area contributed by atoms with E-state index in [1.54, 1.807) is 0 Å². The summed E-state index contributed by atoms with van der Waals surface area (Å²) in [5, 5.41) is 9.82. The van der Waals surface area contributed by atoms with Crippen molar-refractivity contribution >= 4 is 5.91 Å². The fourth-order valence-electron chi connectivity index (χ4n) is 2.74. The molecule has 1 aromatic rings. The molecular formula is C15H26N4O. The van der Waals surface area contributed by atoms with E-state index in [2.05, 4.69) is 27.3 Å². The van der Waals surface area contributed by atoms with Crippen molar-refractivity contribution in [2.75, 3.05) is 26.2 Å². The van der Waals surface area contributed by atoms with Gasteiger partial charge in [0.15, 0.2) is 0 Å². The molecule has 0 spiro atoms. The fraction of sp³-hybridized carbons (Fsp3) is 0.733. The van der Waals surface area contributed by atoms with Gasteiger partial charge in [-0.15, -0.1) is 0 Å². The first kappa shape index (κ1) is 15.0. The lowest BCUT2D eigenvalue weighted by atomic mass is 10.0. The maximum Gasteiger partial charge on any atom is 0.271 e. The lowest BCUT2D eigenvalue weighted by molar-refractivity contribution is 0.0945. The quantitative estimate of drug-likeness (QED) is 0.780. The average molecular weight is 278 g/mol. The van der Waals surface area contributed by atoms with Gasteiger partial charge in [-0.1, -0.05) is 13.8 Å². The van der Waals surface area contributed by atoms with Crippen molar-refractivity contribution in [2.24, 2.45) is 5.92 Å². The zero-order valence-electron chi connectivity index (χ0n) is 12.6. The topological polar surface area (TPSA) is 61.0 Å². The Kier molecular flexibility index (Phi) is 5.59. The fourth-order valence-corrected chi connectivity index (χ4v) is 2.74. The number of H-pyrrole nitrogens is 1. The Morgan fingerprint density at radius 3 is 3.15 bits per heavy atom. The van der Waals surface area contributed by atoms with Crippen LogP contribution in [0.25, 0.3) is 0 Å². The largest absolute Gasteiger partial charge is 0.351 e. The van der Waals surface area contributed by atoms with E-state index in [9.17, 15) is 4.79 Å². The van der Waals surface area contributed by atoms with Gasteiger partial charge in [0.2, 0.25) is 0 Å². The number of hydrogen-bond donors (Lipinski definition) is 2. The van der Waals surface area contributed by atoms with E-state index in [0.29, 0.717) is 5.69 Å². The molecule has 20 heavy (non-hydrogen) atoms. The van der Waals surface area contributed by atoms with Crippen LogP contribution in [-0.4, -0.2) is 47.2 Å². The second kappa shape index (κ2) is 7.43. The molecule has 0 bridgehead atoms. The number of aromatic nitrogens is 2. The number of piperidine rings is 1. The summed E-state index contributed by atoms with van der Waals surface area (Å²) in [6.07, 6.45) is 4.53. The van der Waals surface area contributed by atoms with E-state index in [1.165, 1.54) is 25.9 Å². The summed E-state index contributed by atoms with van der Waals surface area (Å²) >= 11 is 0. The molecular weight excluding hydrogens is 252 g/mol. The number of nitrogens with one attached hydrogen (secondary N) is 2. The molecule has 5 nitrogen and oxygen atoms in total. The lowest BCUT2D eigenvalue weighted by Crippen LogP contribution is -2.36. The Hall–Kier alpha value is -1.36. The van der Waals surface area contributed by atoms with Crippen LogP contribution in [0.15, 0.2) is 6.07 Å². The number of nitrogens with zero attached hydrogens (tertiary/aromatic N) is 2. The SMILES string of the molecule is CCc1cc(C(=O)NCCCN2CCCC(C)C2)n[nH]1. The van der Waals surface area contributed by atoms with Gasteiger partial charge in [0.05, 0.1) is 0 Å². The van der Waals surface area contributed by atoms with Crippen LogP contribution in [0.5, 0.6) is 0 Å². The molecule has 1 aliphatic rings. The van der Waals surface area contributed by atoms with Crippen molar-refractivity contribution < 1.29 is 4.79 Å². The Bertz CT molecular complexity index is 429. The van der Waals surface area contributed by atoms with Crippen LogP contribution in [0.4, 0.5) is 0 Å². The molecule has 0 aromatic carbocycles. The molecule has 1 saturated heterocycles. The Labute approximate surface area is 121 Å². The first-order chi connectivity index (χ1) is 9.69. The van der Waals surface area contributed by atoms with Gasteiger partial charge in [-0.25, -0.2) is 0 Å². The third-order valence-corrected chi connectivity index (χ3v) is 3.92. The highest BCUT2D eigenvalue weighted by atomic mass is 16.1. The number of hydrogen-bond acceptors (Lipinski definition) is 3. The predicted molar refractivity (Wildman–Crippen MR) is 79.8 cm³/mol. The maximum absolute atomic E-state index is 11.9. The summed E-state index contributed by atoms with van der Waals surface area (Å²) in [6, 6.07) is 1.82. The minimum atomic E-state index is -0.0760. The molecule has 112 valence electrons. The number of aromatic amines is 1. The van der Waals surface area contributed by atoms with Crippen molar-refractivity contribution in [3.63, 3.8) is 0 Å². The van der Waals surface area contributed by atoms with Crippen molar-refractivity contribution in [3.05, 3.63) is 17.5 Å². The monoisotopic (exact) mass is 278 g/mol. The molecule has 2 heterocycles. The van der Waals surface area contributed by atoms with Crippen LogP contribution in [-0.2, 0) is 6.42 Å². The molecule has 2 N–H and O–H groups in total. The summed E-state index contributed by atoms with van der Waals surface area (Å²) in [4.78, 5) is 14.4. The number of likely N-dealkylation sites (tertiary alicyclic amines) is 1. The standard InChI is InChI=1S/C15H26N4O/c1-3-13-10-14(18-17-13)15(20)16-7-5-9-19-8-4-6-12(2)11-19/h10,12H,3-9,11H2,1-2H3,(H,16,20)(H,17,18). The van der Waals surface area contributed by atoms with E-state index in [-0.39, 0.29) is 5.91 Å². The Morgan fingerprint density at radius 2 is 2.45 bits per heavy atom. The number of amides is 1. The molecule has 1 aliphatic heterocycles. The normalized spacial score (nSPS) is 20.0. The third-order valence-electron chi connectivity index (χ3n) is 3.92. The summed E-state index contributed by atoms with van der Waals surface area (Å²) in [5.41, 5.74) is 1.49. The van der Waals surface area contributed by atoms with Crippen LogP contribution >= 0.6 is 0 Å². The van der Waals surface area contributed by atoms with E-state index in [0.717, 1.165) is 37.5 Å². The minimum Gasteiger partial charge on any atom is -0.351 e. The highest BCUT2D eigenvalue weighted by molar-refractivity contribution is 5.92. The van der Waals surface area contributed by atoms with Gasteiger partial charge >= 0.3 is 0 Å². The zero-order chi connectivity index (χ0) is 14.4. The summed E-state index contributed by atoms with van der Waals surface area (Å²) in [5.74, 6) is 0.739. The number of aryl methyl sites for hydroxylation is 1. The maximum atomic E-state index is 11.9. The summed E-state index contributed by atoms with van der Waals surface area (Å²) in [6.45, 7) is 8.56. The van der Waals surface area contributed by atoms with Gasteiger partial charge in [-0.2, -0.15) is 5.10 Å². The molecule has 1 fully saturated rings. The zero-order valence-corrected chi connectivity index (χ0v) is 12.6. The van der Waals surface area contributed by atoms with Gasteiger partial charge < -0.3 is 10.2 Å². The molecule has 1 unspecified atom stereocenters. The number of carbonyl (C=O) groups is 1. The molecule has 0 saturated carbocycles. The number of rotatable bonds is 6. The summed E-state index contributed by atoms with van der Waals surface area (Å²) < 4.78 is 0. The van der Waals surface area contributed by atoms with Gasteiger partial charge in [-0.05, 0) is 50.8 Å². The molecule has 2 rings (SSSR count). The molecule has 1 aromatic heterocycles. The highest BCUT2D eigenvalue weighted by Crippen LogP contribution is 2.15. The third kappa shape index (κ3) is 4.34. The van der Waals surface area contributed by atoms with Crippen LogP contribution in [0, 0.1) is 5.92 Å². The molecule has 5 heteroatoms. The van der Waals surface area contributed by atoms with Gasteiger partial charge in [0.1, 0.15) is 5.69 Å². The molecule has 0 aliphatic carbocycles.